The quantitative estimate of drug-likeness (QED) is 0.0909. The van der Waals surface area contributed by atoms with Crippen LogP contribution >= 0.6 is 22.7 Å². The van der Waals surface area contributed by atoms with Gasteiger partial charge in [0.25, 0.3) is 0 Å². The average Bonchev–Trinajstić information content (AvgIpc) is 4.21. The molecule has 2 fully saturated rings. The standard InChI is InChI=1S/C29H37N3O5S.C17H18N2O2S.C11H19NO5.3CH4/c1-16(2)21-15-38-27(31-21)20-12-24(19-9-10-23(35-7)17(3)26(19)30-20)37-18-11-22(28(34)36-8)32(14-18)25(33)13-29(4,5)6;1-9(2)13-8-22-17(19-13)12-7-14(20)11-5-6-15(21-4)10(3)16(11)18-12;1-11(2,3)17-10(15)12-6-7(13)5-8(12)9(14)16-4;;;/h9-10,12,15-16,18,22H,11,13-14H2,1-8H3;5-9H,1-4H3,(H,18,20);7-8,13H,5-6H2,1-4H3;3*1H4/t18-,22+;;7-,8-;;;/m1.0.../s1. The molecule has 2 amide bonds. The van der Waals surface area contributed by atoms with Crippen molar-refractivity contribution in [3.05, 3.63) is 79.9 Å². The van der Waals surface area contributed by atoms with E-state index in [9.17, 15) is 29.1 Å². The molecule has 6 aromatic rings. The molecule has 0 unspecified atom stereocenters. The second-order valence-electron chi connectivity index (χ2n) is 22.0. The van der Waals surface area contributed by atoms with Gasteiger partial charge >= 0.3 is 18.0 Å². The number of benzene rings is 2. The number of nitrogens with one attached hydrogen (secondary N) is 1. The van der Waals surface area contributed by atoms with Crippen LogP contribution in [0.5, 0.6) is 17.2 Å². The van der Waals surface area contributed by atoms with E-state index in [-0.39, 0.29) is 58.1 Å². The molecule has 0 saturated carbocycles. The number of H-pyrrole nitrogens is 1. The number of thiazole rings is 2. The van der Waals surface area contributed by atoms with Crippen LogP contribution < -0.4 is 19.6 Å². The van der Waals surface area contributed by atoms with Crippen LogP contribution in [0.3, 0.4) is 0 Å². The largest absolute Gasteiger partial charge is 0.496 e. The van der Waals surface area contributed by atoms with Gasteiger partial charge in [0.1, 0.15) is 56.7 Å². The van der Waals surface area contributed by atoms with Crippen LogP contribution in [-0.4, -0.2) is 130 Å². The number of ether oxygens (including phenoxy) is 6. The summed E-state index contributed by atoms with van der Waals surface area (Å²) in [5.74, 6) is 1.78. The molecule has 2 N–H and O–H groups in total. The zero-order valence-corrected chi connectivity index (χ0v) is 48.7. The van der Waals surface area contributed by atoms with Crippen molar-refractivity contribution in [2.24, 2.45) is 5.41 Å². The van der Waals surface area contributed by atoms with Crippen LogP contribution in [0, 0.1) is 19.3 Å². The molecule has 0 aliphatic carbocycles. The molecule has 6 heterocycles. The van der Waals surface area contributed by atoms with Gasteiger partial charge in [-0.2, -0.15) is 0 Å². The summed E-state index contributed by atoms with van der Waals surface area (Å²) < 4.78 is 32.2. The Morgan fingerprint density at radius 3 is 1.77 bits per heavy atom. The number of amides is 2. The molecule has 0 bridgehead atoms. The minimum Gasteiger partial charge on any atom is -0.496 e. The number of rotatable bonds is 11. The zero-order chi connectivity index (χ0) is 56.8. The molecule has 2 aromatic carbocycles. The monoisotopic (exact) mass is 1150 g/mol. The maximum absolute atomic E-state index is 13.1. The number of aliphatic hydroxyl groups excluding tert-OH is 1. The summed E-state index contributed by atoms with van der Waals surface area (Å²) in [6.45, 7) is 24.0. The molecule has 18 nitrogen and oxygen atoms in total. The van der Waals surface area contributed by atoms with Crippen LogP contribution in [0.4, 0.5) is 4.79 Å². The smallest absolute Gasteiger partial charge is 0.411 e. The van der Waals surface area contributed by atoms with Crippen LogP contribution in [0.1, 0.15) is 145 Å². The molecule has 8 rings (SSSR count). The molecule has 0 spiro atoms. The summed E-state index contributed by atoms with van der Waals surface area (Å²) in [5, 5.41) is 16.8. The summed E-state index contributed by atoms with van der Waals surface area (Å²) in [5.41, 5.74) is 6.09. The summed E-state index contributed by atoms with van der Waals surface area (Å²) in [6, 6.07) is 9.55. The first-order chi connectivity index (χ1) is 36.2. The van der Waals surface area contributed by atoms with E-state index in [1.807, 2.05) is 64.3 Å². The molecule has 4 atom stereocenters. The molecule has 4 aromatic heterocycles. The minimum absolute atomic E-state index is 0. The number of β-amino-alcohol motifs (C(OH)–C–C–N with tert-alkyl or cyclic N) is 1. The Hall–Kier alpha value is -6.64. The summed E-state index contributed by atoms with van der Waals surface area (Å²) in [7, 11) is 5.87. The number of nitrogens with zero attached hydrogens (tertiary/aromatic N) is 5. The number of carbonyl (C=O) groups excluding carboxylic acids is 4. The molecular weight excluding hydrogens is 1060 g/mol. The number of aromatic amines is 1. The molecule has 20 heteroatoms. The number of esters is 2. The van der Waals surface area contributed by atoms with Crippen molar-refractivity contribution in [3.63, 3.8) is 0 Å². The second-order valence-corrected chi connectivity index (χ2v) is 23.7. The summed E-state index contributed by atoms with van der Waals surface area (Å²) >= 11 is 3.10. The van der Waals surface area contributed by atoms with Gasteiger partial charge in [-0.3, -0.25) is 14.5 Å². The molecule has 80 heavy (non-hydrogen) atoms. The average molecular weight is 1150 g/mol. The van der Waals surface area contributed by atoms with Gasteiger partial charge in [-0.25, -0.2) is 29.3 Å². The number of pyridine rings is 2. The van der Waals surface area contributed by atoms with Gasteiger partial charge in [0, 0.05) is 64.1 Å². The molecular formula is C60H86N6O12S2. The fourth-order valence-electron chi connectivity index (χ4n) is 8.87. The number of aromatic nitrogens is 4. The van der Waals surface area contributed by atoms with E-state index >= 15 is 0 Å². The third-order valence-electron chi connectivity index (χ3n) is 12.9. The first-order valence-corrected chi connectivity index (χ1v) is 27.3. The molecule has 2 saturated heterocycles. The van der Waals surface area contributed by atoms with Gasteiger partial charge in [0.2, 0.25) is 5.91 Å². The van der Waals surface area contributed by atoms with Crippen molar-refractivity contribution >= 4 is 68.4 Å². The predicted octanol–water partition coefficient (Wildman–Crippen LogP) is 12.3. The van der Waals surface area contributed by atoms with Gasteiger partial charge in [0.15, 0.2) is 5.43 Å². The highest BCUT2D eigenvalue weighted by molar-refractivity contribution is 7.13. The topological polar surface area (TPSA) is 222 Å². The zero-order valence-electron chi connectivity index (χ0n) is 47.1. The van der Waals surface area contributed by atoms with E-state index in [0.29, 0.717) is 48.1 Å². The molecule has 2 aliphatic rings. The maximum Gasteiger partial charge on any atom is 0.411 e. The van der Waals surface area contributed by atoms with Crippen molar-refractivity contribution in [3.8, 4) is 38.7 Å². The molecule has 0 radical (unpaired) electrons. The number of aliphatic hydroxyl groups is 1. The molecule has 440 valence electrons. The van der Waals surface area contributed by atoms with E-state index in [1.54, 1.807) is 74.7 Å². The predicted molar refractivity (Wildman–Crippen MR) is 319 cm³/mol. The van der Waals surface area contributed by atoms with Crippen LogP contribution in [0.2, 0.25) is 0 Å². The summed E-state index contributed by atoms with van der Waals surface area (Å²) in [6.07, 6.45) is -0.837. The Morgan fingerprint density at radius 1 is 0.713 bits per heavy atom. The third kappa shape index (κ3) is 16.3. The van der Waals surface area contributed by atoms with Crippen molar-refractivity contribution in [2.75, 3.05) is 41.5 Å². The lowest BCUT2D eigenvalue weighted by atomic mass is 9.91. The molecule has 2 aliphatic heterocycles. The Kier molecular flexibility index (Phi) is 23.8. The number of fused-ring (bicyclic) bond motifs is 2. The Morgan fingerprint density at radius 2 is 1.25 bits per heavy atom. The number of carbonyl (C=O) groups is 4. The van der Waals surface area contributed by atoms with E-state index in [1.165, 1.54) is 19.1 Å². The van der Waals surface area contributed by atoms with Gasteiger partial charge in [-0.05, 0) is 76.1 Å². The maximum atomic E-state index is 13.1. The fraction of sp³-hybridized carbons (Fsp3) is 0.533. The van der Waals surface area contributed by atoms with Crippen LogP contribution in [-0.2, 0) is 28.6 Å². The Bertz CT molecular complexity index is 3150. The van der Waals surface area contributed by atoms with Crippen molar-refractivity contribution < 1.29 is 52.7 Å². The minimum atomic E-state index is -0.759. The lowest BCUT2D eigenvalue weighted by Crippen LogP contribution is -2.43. The lowest BCUT2D eigenvalue weighted by Gasteiger charge is -2.27. The van der Waals surface area contributed by atoms with Crippen molar-refractivity contribution in [2.45, 2.75) is 166 Å². The second kappa shape index (κ2) is 28.2. The van der Waals surface area contributed by atoms with Gasteiger partial charge in [-0.1, -0.05) is 70.7 Å². The van der Waals surface area contributed by atoms with E-state index in [2.05, 4.69) is 47.8 Å². The number of methoxy groups -OCH3 is 4. The van der Waals surface area contributed by atoms with E-state index in [4.69, 9.17) is 33.7 Å². The van der Waals surface area contributed by atoms with Gasteiger partial charge in [-0.15, -0.1) is 22.7 Å². The Labute approximate surface area is 480 Å². The number of hydrogen-bond acceptors (Lipinski definition) is 17. The highest BCUT2D eigenvalue weighted by Gasteiger charge is 2.43. The summed E-state index contributed by atoms with van der Waals surface area (Å²) in [4.78, 5) is 82.0. The number of aryl methyl sites for hydroxylation is 2. The van der Waals surface area contributed by atoms with E-state index in [0.717, 1.165) is 66.1 Å². The number of likely N-dealkylation sites (tertiary alicyclic amines) is 2. The lowest BCUT2D eigenvalue weighted by molar-refractivity contribution is -0.151. The van der Waals surface area contributed by atoms with E-state index < -0.39 is 41.8 Å². The fourth-order valence-corrected chi connectivity index (χ4v) is 10.8. The third-order valence-corrected chi connectivity index (χ3v) is 14.7. The van der Waals surface area contributed by atoms with Crippen molar-refractivity contribution in [1.29, 1.82) is 0 Å². The van der Waals surface area contributed by atoms with Crippen LogP contribution in [0.15, 0.2) is 52.0 Å². The first-order valence-electron chi connectivity index (χ1n) is 25.6. The normalized spacial score (nSPS) is 16.8. The number of hydrogen-bond donors (Lipinski definition) is 2. The van der Waals surface area contributed by atoms with Gasteiger partial charge in [0.05, 0.1) is 75.7 Å². The Balaban J connectivity index is 0.000000340. The highest BCUT2D eigenvalue weighted by Crippen LogP contribution is 2.39. The highest BCUT2D eigenvalue weighted by atomic mass is 32.1. The van der Waals surface area contributed by atoms with Crippen molar-refractivity contribution in [1.82, 2.24) is 29.7 Å². The first kappa shape index (κ1) is 67.6. The van der Waals surface area contributed by atoms with Gasteiger partial charge < -0.3 is 43.4 Å². The SMILES string of the molecule is C.C.C.COC(=O)[C@@H]1C[C@@H](Oc2cc(-c3nc(C(C)C)cs3)nc3c(C)c(OC)ccc23)CN1C(=O)CC(C)(C)C.COC(=O)[C@@H]1C[C@H](O)CN1C(=O)OC(C)(C)C.COc1ccc2c(=O)cc(-c3nc(C(C)C)cs3)[nH]c2c1C. The van der Waals surface area contributed by atoms with Crippen LogP contribution in [0.25, 0.3) is 43.2 Å².